The van der Waals surface area contributed by atoms with Crippen molar-refractivity contribution in [2.45, 2.75) is 12.8 Å². The van der Waals surface area contributed by atoms with Crippen molar-refractivity contribution in [3.8, 4) is 11.3 Å². The van der Waals surface area contributed by atoms with Crippen LogP contribution in [0, 0.1) is 0 Å². The van der Waals surface area contributed by atoms with Crippen molar-refractivity contribution in [2.75, 3.05) is 0 Å². The smallest absolute Gasteiger partial charge is 0.0717 e. The SMILES string of the molecule is C1=CCC=CC1.c1ccc(-c2cccnc2)nc1. The molecule has 0 aliphatic heterocycles. The van der Waals surface area contributed by atoms with E-state index >= 15 is 0 Å². The summed E-state index contributed by atoms with van der Waals surface area (Å²) < 4.78 is 0. The molecule has 90 valence electrons. The van der Waals surface area contributed by atoms with Gasteiger partial charge in [-0.05, 0) is 37.1 Å². The summed E-state index contributed by atoms with van der Waals surface area (Å²) in [5, 5.41) is 0. The molecule has 0 N–H and O–H groups in total. The summed E-state index contributed by atoms with van der Waals surface area (Å²) in [6.07, 6.45) is 16.3. The second-order valence-electron chi connectivity index (χ2n) is 3.87. The number of allylic oxidation sites excluding steroid dienone is 4. The number of pyridine rings is 2. The van der Waals surface area contributed by atoms with Gasteiger partial charge < -0.3 is 0 Å². The van der Waals surface area contributed by atoms with Crippen molar-refractivity contribution < 1.29 is 0 Å². The Bertz CT molecular complexity index is 444. The number of hydrogen-bond acceptors (Lipinski definition) is 2. The molecule has 2 heteroatoms. The zero-order chi connectivity index (χ0) is 12.5. The van der Waals surface area contributed by atoms with Crippen LogP contribution in [0.15, 0.2) is 73.2 Å². The Labute approximate surface area is 108 Å². The first-order valence-electron chi connectivity index (χ1n) is 6.08. The average molecular weight is 236 g/mol. The van der Waals surface area contributed by atoms with Crippen molar-refractivity contribution in [3.05, 3.63) is 73.2 Å². The molecule has 2 nitrogen and oxygen atoms in total. The van der Waals surface area contributed by atoms with Gasteiger partial charge in [-0.15, -0.1) is 0 Å². The molecule has 0 unspecified atom stereocenters. The van der Waals surface area contributed by atoms with Crippen molar-refractivity contribution in [1.29, 1.82) is 0 Å². The quantitative estimate of drug-likeness (QED) is 0.698. The molecular weight excluding hydrogens is 220 g/mol. The first-order valence-corrected chi connectivity index (χ1v) is 6.08. The lowest BCUT2D eigenvalue weighted by atomic mass is 10.2. The highest BCUT2D eigenvalue weighted by molar-refractivity contribution is 5.56. The van der Waals surface area contributed by atoms with Gasteiger partial charge in [0.1, 0.15) is 0 Å². The summed E-state index contributed by atoms with van der Waals surface area (Å²) in [5.41, 5.74) is 2.02. The summed E-state index contributed by atoms with van der Waals surface area (Å²) in [5.74, 6) is 0. The van der Waals surface area contributed by atoms with Crippen LogP contribution in [0.2, 0.25) is 0 Å². The Hall–Kier alpha value is -2.22. The van der Waals surface area contributed by atoms with Crippen LogP contribution in [0.3, 0.4) is 0 Å². The lowest BCUT2D eigenvalue weighted by molar-refractivity contribution is 1.23. The largest absolute Gasteiger partial charge is 0.264 e. The van der Waals surface area contributed by atoms with Gasteiger partial charge in [-0.2, -0.15) is 0 Å². The van der Waals surface area contributed by atoms with Crippen molar-refractivity contribution >= 4 is 0 Å². The Balaban J connectivity index is 0.000000169. The fourth-order valence-electron chi connectivity index (χ4n) is 1.59. The molecule has 0 saturated carbocycles. The molecule has 0 atom stereocenters. The maximum absolute atomic E-state index is 4.21. The Morgan fingerprint density at radius 3 is 2.06 bits per heavy atom. The molecule has 0 aromatic carbocycles. The number of hydrogen-bond donors (Lipinski definition) is 0. The van der Waals surface area contributed by atoms with Crippen LogP contribution >= 0.6 is 0 Å². The highest BCUT2D eigenvalue weighted by Gasteiger charge is 1.94. The molecule has 1 aliphatic rings. The van der Waals surface area contributed by atoms with Crippen molar-refractivity contribution in [2.24, 2.45) is 0 Å². The fourth-order valence-corrected chi connectivity index (χ4v) is 1.59. The first kappa shape index (κ1) is 12.2. The van der Waals surface area contributed by atoms with E-state index in [4.69, 9.17) is 0 Å². The molecule has 0 bridgehead atoms. The summed E-state index contributed by atoms with van der Waals surface area (Å²) in [7, 11) is 0. The fraction of sp³-hybridized carbons (Fsp3) is 0.125. The van der Waals surface area contributed by atoms with Crippen LogP contribution in [-0.2, 0) is 0 Å². The predicted octanol–water partition coefficient (Wildman–Crippen LogP) is 4.04. The monoisotopic (exact) mass is 236 g/mol. The molecule has 2 heterocycles. The molecule has 0 amide bonds. The molecule has 2 aromatic heterocycles. The molecular formula is C16H16N2. The zero-order valence-corrected chi connectivity index (χ0v) is 10.2. The predicted molar refractivity (Wildman–Crippen MR) is 75.0 cm³/mol. The van der Waals surface area contributed by atoms with E-state index in [0.717, 1.165) is 24.1 Å². The van der Waals surface area contributed by atoms with Gasteiger partial charge in [-0.1, -0.05) is 30.4 Å². The third-order valence-corrected chi connectivity index (χ3v) is 2.50. The number of aromatic nitrogens is 2. The Morgan fingerprint density at radius 2 is 1.56 bits per heavy atom. The molecule has 3 rings (SSSR count). The van der Waals surface area contributed by atoms with E-state index in [-0.39, 0.29) is 0 Å². The third-order valence-electron chi connectivity index (χ3n) is 2.50. The maximum Gasteiger partial charge on any atom is 0.0717 e. The zero-order valence-electron chi connectivity index (χ0n) is 10.2. The normalized spacial score (nSPS) is 12.7. The van der Waals surface area contributed by atoms with E-state index in [1.54, 1.807) is 12.4 Å². The van der Waals surface area contributed by atoms with Crippen LogP contribution in [0.25, 0.3) is 11.3 Å². The van der Waals surface area contributed by atoms with Crippen LogP contribution in [0.4, 0.5) is 0 Å². The highest BCUT2D eigenvalue weighted by Crippen LogP contribution is 2.12. The lowest BCUT2D eigenvalue weighted by Crippen LogP contribution is -1.81. The lowest BCUT2D eigenvalue weighted by Gasteiger charge is -1.96. The summed E-state index contributed by atoms with van der Waals surface area (Å²) in [6, 6.07) is 9.74. The van der Waals surface area contributed by atoms with Gasteiger partial charge in [0.05, 0.1) is 5.69 Å². The minimum Gasteiger partial charge on any atom is -0.264 e. The summed E-state index contributed by atoms with van der Waals surface area (Å²) in [4.78, 5) is 8.23. The Morgan fingerprint density at radius 1 is 0.778 bits per heavy atom. The van der Waals surface area contributed by atoms with Crippen molar-refractivity contribution in [3.63, 3.8) is 0 Å². The number of rotatable bonds is 1. The molecule has 0 radical (unpaired) electrons. The van der Waals surface area contributed by atoms with Crippen molar-refractivity contribution in [1.82, 2.24) is 9.97 Å². The van der Waals surface area contributed by atoms with Gasteiger partial charge >= 0.3 is 0 Å². The van der Waals surface area contributed by atoms with Gasteiger partial charge in [0, 0.05) is 24.2 Å². The van der Waals surface area contributed by atoms with E-state index in [9.17, 15) is 0 Å². The van der Waals surface area contributed by atoms with E-state index in [1.807, 2.05) is 36.5 Å². The van der Waals surface area contributed by atoms with E-state index < -0.39 is 0 Å². The van der Waals surface area contributed by atoms with E-state index in [2.05, 4.69) is 34.3 Å². The van der Waals surface area contributed by atoms with Crippen LogP contribution in [-0.4, -0.2) is 9.97 Å². The first-order chi connectivity index (χ1) is 8.97. The van der Waals surface area contributed by atoms with E-state index in [1.165, 1.54) is 0 Å². The third kappa shape index (κ3) is 3.98. The van der Waals surface area contributed by atoms with E-state index in [0.29, 0.717) is 0 Å². The van der Waals surface area contributed by atoms with Gasteiger partial charge in [0.25, 0.3) is 0 Å². The standard InChI is InChI=1S/C10H8N2.C6H8/c1-2-7-12-10(5-1)9-4-3-6-11-8-9;1-2-4-6-5-3-1/h1-8H;1-2,5-6H,3-4H2. The van der Waals surface area contributed by atoms with Crippen LogP contribution < -0.4 is 0 Å². The van der Waals surface area contributed by atoms with Gasteiger partial charge in [0.15, 0.2) is 0 Å². The van der Waals surface area contributed by atoms with Gasteiger partial charge in [-0.3, -0.25) is 9.97 Å². The van der Waals surface area contributed by atoms with Crippen LogP contribution in [0.1, 0.15) is 12.8 Å². The number of nitrogens with zero attached hydrogens (tertiary/aromatic N) is 2. The molecule has 0 spiro atoms. The molecule has 0 fully saturated rings. The van der Waals surface area contributed by atoms with Gasteiger partial charge in [-0.25, -0.2) is 0 Å². The van der Waals surface area contributed by atoms with Gasteiger partial charge in [0.2, 0.25) is 0 Å². The molecule has 1 aliphatic carbocycles. The average Bonchev–Trinajstić information content (AvgIpc) is 2.51. The summed E-state index contributed by atoms with van der Waals surface area (Å²) in [6.45, 7) is 0. The molecule has 2 aromatic rings. The minimum atomic E-state index is 0.964. The maximum atomic E-state index is 4.21. The summed E-state index contributed by atoms with van der Waals surface area (Å²) >= 11 is 0. The second-order valence-corrected chi connectivity index (χ2v) is 3.87. The molecule has 0 saturated heterocycles. The molecule has 18 heavy (non-hydrogen) atoms. The second kappa shape index (κ2) is 7.17. The Kier molecular flexibility index (Phi) is 4.88. The minimum absolute atomic E-state index is 0.964. The highest BCUT2D eigenvalue weighted by atomic mass is 14.7. The van der Waals surface area contributed by atoms with Crippen LogP contribution in [0.5, 0.6) is 0 Å². The topological polar surface area (TPSA) is 25.8 Å².